The van der Waals surface area contributed by atoms with Crippen LogP contribution in [-0.2, 0) is 4.74 Å². The summed E-state index contributed by atoms with van der Waals surface area (Å²) in [6, 6.07) is 0. The molecule has 3 nitrogen and oxygen atoms in total. The molecular formula is C20H30O3. The van der Waals surface area contributed by atoms with Crippen LogP contribution in [0.2, 0.25) is 0 Å². The van der Waals surface area contributed by atoms with Gasteiger partial charge in [0.25, 0.3) is 0 Å². The Morgan fingerprint density at radius 3 is 2.39 bits per heavy atom. The minimum absolute atomic E-state index is 0.220. The fourth-order valence-corrected chi connectivity index (χ4v) is 8.58. The van der Waals surface area contributed by atoms with Crippen molar-refractivity contribution >= 4 is 0 Å². The van der Waals surface area contributed by atoms with Crippen LogP contribution in [-0.4, -0.2) is 34.6 Å². The molecule has 1 saturated heterocycles. The molecule has 6 aliphatic rings. The average molecular weight is 318 g/mol. The van der Waals surface area contributed by atoms with Crippen molar-refractivity contribution < 1.29 is 14.9 Å². The van der Waals surface area contributed by atoms with Gasteiger partial charge in [0.2, 0.25) is 0 Å². The van der Waals surface area contributed by atoms with Gasteiger partial charge in [-0.3, -0.25) is 0 Å². The van der Waals surface area contributed by atoms with Crippen molar-refractivity contribution in [1.82, 2.24) is 0 Å². The summed E-state index contributed by atoms with van der Waals surface area (Å²) in [5.74, 6) is 6.15. The van der Waals surface area contributed by atoms with Crippen LogP contribution in [0.25, 0.3) is 0 Å². The van der Waals surface area contributed by atoms with E-state index in [-0.39, 0.29) is 12.0 Å². The first-order valence-electron chi connectivity index (χ1n) is 10.3. The Kier molecular flexibility index (Phi) is 2.90. The van der Waals surface area contributed by atoms with E-state index in [0.717, 1.165) is 42.4 Å². The summed E-state index contributed by atoms with van der Waals surface area (Å²) >= 11 is 0. The first-order valence-corrected chi connectivity index (χ1v) is 10.3. The summed E-state index contributed by atoms with van der Waals surface area (Å²) in [6.07, 6.45) is 10.1. The summed E-state index contributed by atoms with van der Waals surface area (Å²) in [7, 11) is 0. The molecule has 6 fully saturated rings. The first kappa shape index (κ1) is 14.1. The van der Waals surface area contributed by atoms with Gasteiger partial charge in [-0.1, -0.05) is 19.3 Å². The summed E-state index contributed by atoms with van der Waals surface area (Å²) in [5.41, 5.74) is 0. The molecule has 0 bridgehead atoms. The van der Waals surface area contributed by atoms with E-state index in [4.69, 9.17) is 4.74 Å². The fourth-order valence-electron chi connectivity index (χ4n) is 8.58. The van der Waals surface area contributed by atoms with Gasteiger partial charge < -0.3 is 14.9 Å². The monoisotopic (exact) mass is 318 g/mol. The Hall–Kier alpha value is -0.120. The summed E-state index contributed by atoms with van der Waals surface area (Å²) < 4.78 is 6.39. The van der Waals surface area contributed by atoms with Gasteiger partial charge in [-0.05, 0) is 67.6 Å². The highest BCUT2D eigenvalue weighted by Crippen LogP contribution is 2.67. The van der Waals surface area contributed by atoms with E-state index in [2.05, 4.69) is 0 Å². The molecule has 0 spiro atoms. The standard InChI is InChI=1S/C20H30O3/c21-13-7-6-12-11-5-4-9-2-1-3-10-8-14-18(16(11)15(9)10)20(23-14)17(12)19(13)22/h9-22H,1-8H2. The molecule has 23 heavy (non-hydrogen) atoms. The zero-order valence-corrected chi connectivity index (χ0v) is 13.9. The van der Waals surface area contributed by atoms with E-state index in [1.54, 1.807) is 0 Å². The molecule has 1 aliphatic heterocycles. The van der Waals surface area contributed by atoms with E-state index in [9.17, 15) is 10.2 Å². The van der Waals surface area contributed by atoms with Crippen molar-refractivity contribution in [3.8, 4) is 0 Å². The molecule has 0 aromatic rings. The number of aliphatic hydroxyl groups is 2. The predicted octanol–water partition coefficient (Wildman–Crippen LogP) is 2.59. The van der Waals surface area contributed by atoms with Gasteiger partial charge in [-0.15, -0.1) is 0 Å². The molecule has 12 unspecified atom stereocenters. The highest BCUT2D eigenvalue weighted by Gasteiger charge is 2.68. The molecular weight excluding hydrogens is 288 g/mol. The third-order valence-corrected chi connectivity index (χ3v) is 9.18. The van der Waals surface area contributed by atoms with Gasteiger partial charge in [0, 0.05) is 11.8 Å². The van der Waals surface area contributed by atoms with Crippen molar-refractivity contribution in [2.75, 3.05) is 0 Å². The Labute approximate surface area is 138 Å². The fraction of sp³-hybridized carbons (Fsp3) is 1.00. The van der Waals surface area contributed by atoms with Gasteiger partial charge in [0.05, 0.1) is 24.4 Å². The molecule has 3 heteroatoms. The second-order valence-corrected chi connectivity index (χ2v) is 9.68. The van der Waals surface area contributed by atoms with Crippen molar-refractivity contribution in [2.45, 2.75) is 75.8 Å². The third kappa shape index (κ3) is 1.67. The lowest BCUT2D eigenvalue weighted by atomic mass is 9.41. The van der Waals surface area contributed by atoms with Crippen LogP contribution < -0.4 is 0 Å². The molecule has 6 rings (SSSR count). The Morgan fingerprint density at radius 1 is 0.696 bits per heavy atom. The lowest BCUT2D eigenvalue weighted by molar-refractivity contribution is -0.333. The number of hydrogen-bond acceptors (Lipinski definition) is 3. The number of ether oxygens (including phenoxy) is 1. The Morgan fingerprint density at radius 2 is 1.48 bits per heavy atom. The van der Waals surface area contributed by atoms with Gasteiger partial charge in [-0.2, -0.15) is 0 Å². The normalized spacial score (nSPS) is 66.0. The summed E-state index contributed by atoms with van der Waals surface area (Å²) in [6.45, 7) is 0. The van der Waals surface area contributed by atoms with Crippen LogP contribution in [0, 0.1) is 47.3 Å². The van der Waals surface area contributed by atoms with Crippen LogP contribution in [0.1, 0.15) is 51.4 Å². The highest BCUT2D eigenvalue weighted by atomic mass is 16.5. The van der Waals surface area contributed by atoms with E-state index in [0.29, 0.717) is 17.9 Å². The number of aliphatic hydroxyl groups excluding tert-OH is 2. The van der Waals surface area contributed by atoms with Gasteiger partial charge in [0.15, 0.2) is 0 Å². The molecule has 0 aromatic carbocycles. The summed E-state index contributed by atoms with van der Waals surface area (Å²) in [4.78, 5) is 0. The zero-order chi connectivity index (χ0) is 15.3. The van der Waals surface area contributed by atoms with Crippen LogP contribution in [0.3, 0.4) is 0 Å². The van der Waals surface area contributed by atoms with E-state index in [1.165, 1.54) is 38.5 Å². The van der Waals surface area contributed by atoms with E-state index in [1.807, 2.05) is 0 Å². The third-order valence-electron chi connectivity index (χ3n) is 9.18. The Bertz CT molecular complexity index is 507. The number of hydrogen-bond donors (Lipinski definition) is 2. The first-order chi connectivity index (χ1) is 11.2. The minimum atomic E-state index is -0.539. The molecule has 2 N–H and O–H groups in total. The molecule has 0 radical (unpaired) electrons. The van der Waals surface area contributed by atoms with Crippen molar-refractivity contribution in [3.05, 3.63) is 0 Å². The molecule has 5 aliphatic carbocycles. The van der Waals surface area contributed by atoms with Crippen molar-refractivity contribution in [1.29, 1.82) is 0 Å². The van der Waals surface area contributed by atoms with Gasteiger partial charge in [0.1, 0.15) is 0 Å². The maximum absolute atomic E-state index is 10.7. The maximum Gasteiger partial charge on any atom is 0.0854 e. The number of fused-ring (bicyclic) bond motifs is 3. The Balaban J connectivity index is 1.41. The molecule has 0 amide bonds. The second kappa shape index (κ2) is 4.74. The zero-order valence-electron chi connectivity index (χ0n) is 13.9. The summed E-state index contributed by atoms with van der Waals surface area (Å²) in [5, 5.41) is 20.9. The van der Waals surface area contributed by atoms with E-state index >= 15 is 0 Å². The second-order valence-electron chi connectivity index (χ2n) is 9.68. The van der Waals surface area contributed by atoms with Crippen molar-refractivity contribution in [2.24, 2.45) is 47.3 Å². The maximum atomic E-state index is 10.7. The quantitative estimate of drug-likeness (QED) is 0.722. The van der Waals surface area contributed by atoms with Crippen LogP contribution in [0.15, 0.2) is 0 Å². The number of rotatable bonds is 0. The molecule has 5 saturated carbocycles. The molecule has 128 valence electrons. The molecule has 1 heterocycles. The lowest BCUT2D eigenvalue weighted by Gasteiger charge is -2.70. The minimum Gasteiger partial charge on any atom is -0.390 e. The van der Waals surface area contributed by atoms with Gasteiger partial charge >= 0.3 is 0 Å². The molecule has 0 aromatic heterocycles. The lowest BCUT2D eigenvalue weighted by Crippen LogP contribution is -2.72. The SMILES string of the molecule is OC1CCC2C3CCC4CCCC5CC6OC(C2C1O)C6C3C45. The van der Waals surface area contributed by atoms with Crippen LogP contribution in [0.4, 0.5) is 0 Å². The highest BCUT2D eigenvalue weighted by molar-refractivity contribution is 5.15. The smallest absolute Gasteiger partial charge is 0.0854 e. The topological polar surface area (TPSA) is 49.7 Å². The average Bonchev–Trinajstić information content (AvgIpc) is 2.54. The van der Waals surface area contributed by atoms with Crippen LogP contribution in [0.5, 0.6) is 0 Å². The van der Waals surface area contributed by atoms with E-state index < -0.39 is 12.2 Å². The van der Waals surface area contributed by atoms with Gasteiger partial charge in [-0.25, -0.2) is 0 Å². The largest absolute Gasteiger partial charge is 0.390 e. The molecule has 12 atom stereocenters. The predicted molar refractivity (Wildman–Crippen MR) is 85.5 cm³/mol. The van der Waals surface area contributed by atoms with Crippen molar-refractivity contribution in [3.63, 3.8) is 0 Å². The van der Waals surface area contributed by atoms with Crippen LogP contribution >= 0.6 is 0 Å².